The summed E-state index contributed by atoms with van der Waals surface area (Å²) in [6, 6.07) is 7.37. The average Bonchev–Trinajstić information content (AvgIpc) is 1.93. The second-order valence-corrected chi connectivity index (χ2v) is 3.66. The molecule has 11 heavy (non-hydrogen) atoms. The molecule has 0 radical (unpaired) electrons. The first-order valence-corrected chi connectivity index (χ1v) is 4.55. The zero-order valence-electron chi connectivity index (χ0n) is 5.52. The third-order valence-electron chi connectivity index (χ3n) is 1.15. The number of halogens is 3. The number of benzene rings is 1. The lowest BCUT2D eigenvalue weighted by Gasteiger charge is -1.92. The molecule has 0 aliphatic carbocycles. The Morgan fingerprint density at radius 2 is 1.82 bits per heavy atom. The largest absolute Gasteiger partial charge is 0.199 e. The molecule has 0 aromatic heterocycles. The molecule has 0 N–H and O–H groups in total. The summed E-state index contributed by atoms with van der Waals surface area (Å²) in [5.74, 6) is 0. The Hall–Kier alpha value is -0.150. The van der Waals surface area contributed by atoms with Crippen molar-refractivity contribution >= 4 is 37.9 Å². The highest BCUT2D eigenvalue weighted by molar-refractivity contribution is 9.11. The fraction of sp³-hybridized carbons (Fsp3) is 0. The minimum Gasteiger partial charge on any atom is -0.199 e. The van der Waals surface area contributed by atoms with E-state index in [0.29, 0.717) is 0 Å². The number of hydrogen-bond acceptors (Lipinski definition) is 0. The Labute approximate surface area is 81.4 Å². The molecule has 0 heterocycles. The summed E-state index contributed by atoms with van der Waals surface area (Å²) in [5, 5.41) is 0. The summed E-state index contributed by atoms with van der Waals surface area (Å²) in [4.78, 5) is 0. The van der Waals surface area contributed by atoms with E-state index in [1.165, 1.54) is 6.08 Å². The molecule has 0 fully saturated rings. The van der Waals surface area contributed by atoms with Gasteiger partial charge in [0.05, 0.1) is 0 Å². The minimum absolute atomic E-state index is 0.361. The van der Waals surface area contributed by atoms with Gasteiger partial charge >= 0.3 is 0 Å². The molecule has 0 nitrogen and oxygen atoms in total. The van der Waals surface area contributed by atoms with Gasteiger partial charge in [-0.25, -0.2) is 0 Å². The molecular formula is C8H5Br2F. The van der Waals surface area contributed by atoms with Gasteiger partial charge in [0.2, 0.25) is 0 Å². The van der Waals surface area contributed by atoms with Gasteiger partial charge in [-0.2, -0.15) is 4.39 Å². The predicted octanol–water partition coefficient (Wildman–Crippen LogP) is 4.11. The van der Waals surface area contributed by atoms with E-state index in [9.17, 15) is 4.39 Å². The van der Waals surface area contributed by atoms with Crippen molar-refractivity contribution in [1.82, 2.24) is 0 Å². The lowest BCUT2D eigenvalue weighted by molar-refractivity contribution is 0.712. The zero-order chi connectivity index (χ0) is 8.27. The van der Waals surface area contributed by atoms with Gasteiger partial charge in [0.15, 0.2) is 4.74 Å². The molecule has 1 rings (SSSR count). The summed E-state index contributed by atoms with van der Waals surface area (Å²) in [6.45, 7) is 0. The van der Waals surface area contributed by atoms with Gasteiger partial charge in [-0.15, -0.1) is 0 Å². The fourth-order valence-corrected chi connectivity index (χ4v) is 1.21. The molecule has 0 amide bonds. The minimum atomic E-state index is -0.361. The monoisotopic (exact) mass is 278 g/mol. The molecule has 0 aliphatic heterocycles. The molecule has 0 atom stereocenters. The molecule has 0 unspecified atom stereocenters. The third-order valence-corrected chi connectivity index (χ3v) is 1.90. The summed E-state index contributed by atoms with van der Waals surface area (Å²) in [6.07, 6.45) is 1.41. The maximum absolute atomic E-state index is 12.3. The molecule has 1 aromatic rings. The average molecular weight is 280 g/mol. The van der Waals surface area contributed by atoms with Crippen LogP contribution < -0.4 is 0 Å². The van der Waals surface area contributed by atoms with E-state index in [-0.39, 0.29) is 4.74 Å². The van der Waals surface area contributed by atoms with Crippen LogP contribution in [-0.4, -0.2) is 0 Å². The molecule has 0 aliphatic rings. The molecule has 0 saturated carbocycles. The second kappa shape index (κ2) is 4.02. The molecule has 0 saturated heterocycles. The van der Waals surface area contributed by atoms with Gasteiger partial charge in [-0.05, 0) is 39.7 Å². The Balaban J connectivity index is 2.91. The van der Waals surface area contributed by atoms with Crippen LogP contribution in [0.3, 0.4) is 0 Å². The summed E-state index contributed by atoms with van der Waals surface area (Å²) >= 11 is 6.00. The maximum atomic E-state index is 12.3. The normalized spacial score (nSPS) is 11.7. The van der Waals surface area contributed by atoms with Crippen molar-refractivity contribution in [3.05, 3.63) is 39.0 Å². The molecule has 0 bridgehead atoms. The van der Waals surface area contributed by atoms with Crippen LogP contribution in [0.5, 0.6) is 0 Å². The first-order chi connectivity index (χ1) is 5.18. The van der Waals surface area contributed by atoms with Gasteiger partial charge in [-0.3, -0.25) is 0 Å². The standard InChI is InChI=1S/C8H5Br2F/c9-7-3-1-6(2-4-7)5-8(10)11/h1-5H. The van der Waals surface area contributed by atoms with E-state index < -0.39 is 0 Å². The Bertz CT molecular complexity index is 260. The first kappa shape index (κ1) is 8.94. The van der Waals surface area contributed by atoms with Gasteiger partial charge in [0, 0.05) is 4.47 Å². The first-order valence-electron chi connectivity index (χ1n) is 2.97. The molecule has 58 valence electrons. The van der Waals surface area contributed by atoms with Crippen LogP contribution in [0.25, 0.3) is 6.08 Å². The van der Waals surface area contributed by atoms with Crippen LogP contribution in [0.4, 0.5) is 4.39 Å². The van der Waals surface area contributed by atoms with Crippen LogP contribution >= 0.6 is 31.9 Å². The predicted molar refractivity (Wildman–Crippen MR) is 52.2 cm³/mol. The number of hydrogen-bond donors (Lipinski definition) is 0. The van der Waals surface area contributed by atoms with Crippen LogP contribution in [0.1, 0.15) is 5.56 Å². The lowest BCUT2D eigenvalue weighted by atomic mass is 10.2. The van der Waals surface area contributed by atoms with Gasteiger partial charge in [0.25, 0.3) is 0 Å². The zero-order valence-corrected chi connectivity index (χ0v) is 8.69. The van der Waals surface area contributed by atoms with Crippen LogP contribution in [0.15, 0.2) is 33.5 Å². The van der Waals surface area contributed by atoms with Crippen LogP contribution in [0.2, 0.25) is 0 Å². The van der Waals surface area contributed by atoms with E-state index in [1.54, 1.807) is 0 Å². The van der Waals surface area contributed by atoms with E-state index >= 15 is 0 Å². The summed E-state index contributed by atoms with van der Waals surface area (Å²) < 4.78 is 12.9. The van der Waals surface area contributed by atoms with Gasteiger partial charge in [-0.1, -0.05) is 28.1 Å². The van der Waals surface area contributed by atoms with Gasteiger partial charge < -0.3 is 0 Å². The van der Waals surface area contributed by atoms with Crippen LogP contribution in [-0.2, 0) is 0 Å². The van der Waals surface area contributed by atoms with Gasteiger partial charge in [0.1, 0.15) is 0 Å². The quantitative estimate of drug-likeness (QED) is 0.726. The van der Waals surface area contributed by atoms with Crippen molar-refractivity contribution in [1.29, 1.82) is 0 Å². The summed E-state index contributed by atoms with van der Waals surface area (Å²) in [7, 11) is 0. The highest BCUT2D eigenvalue weighted by Gasteiger charge is 1.89. The molecule has 1 aromatic carbocycles. The number of rotatable bonds is 1. The fourth-order valence-electron chi connectivity index (χ4n) is 0.685. The smallest absolute Gasteiger partial charge is 0.166 e. The second-order valence-electron chi connectivity index (χ2n) is 1.99. The lowest BCUT2D eigenvalue weighted by Crippen LogP contribution is -1.70. The van der Waals surface area contributed by atoms with E-state index in [0.717, 1.165) is 10.0 Å². The Kier molecular flexibility index (Phi) is 3.27. The van der Waals surface area contributed by atoms with E-state index in [1.807, 2.05) is 24.3 Å². The topological polar surface area (TPSA) is 0 Å². The van der Waals surface area contributed by atoms with Crippen molar-refractivity contribution in [2.75, 3.05) is 0 Å². The van der Waals surface area contributed by atoms with Crippen molar-refractivity contribution in [2.45, 2.75) is 0 Å². The molecule has 0 spiro atoms. The van der Waals surface area contributed by atoms with Crippen molar-refractivity contribution < 1.29 is 4.39 Å². The van der Waals surface area contributed by atoms with Crippen molar-refractivity contribution in [3.63, 3.8) is 0 Å². The Morgan fingerprint density at radius 3 is 2.27 bits per heavy atom. The molecule has 3 heteroatoms. The van der Waals surface area contributed by atoms with E-state index in [2.05, 4.69) is 31.9 Å². The highest BCUT2D eigenvalue weighted by atomic mass is 79.9. The summed E-state index contributed by atoms with van der Waals surface area (Å²) in [5.41, 5.74) is 0.836. The maximum Gasteiger partial charge on any atom is 0.166 e. The van der Waals surface area contributed by atoms with Crippen molar-refractivity contribution in [3.8, 4) is 0 Å². The Morgan fingerprint density at radius 1 is 1.27 bits per heavy atom. The van der Waals surface area contributed by atoms with Crippen LogP contribution in [0, 0.1) is 0 Å². The van der Waals surface area contributed by atoms with Crippen molar-refractivity contribution in [2.24, 2.45) is 0 Å². The third kappa shape index (κ3) is 3.16. The highest BCUT2D eigenvalue weighted by Crippen LogP contribution is 2.15. The molecular weight excluding hydrogens is 275 g/mol. The van der Waals surface area contributed by atoms with E-state index in [4.69, 9.17) is 0 Å². The SMILES string of the molecule is FC(Br)=Cc1ccc(Br)cc1.